The van der Waals surface area contributed by atoms with Gasteiger partial charge in [0, 0.05) is 6.54 Å². The summed E-state index contributed by atoms with van der Waals surface area (Å²) in [6.07, 6.45) is -0.776. The van der Waals surface area contributed by atoms with Crippen molar-refractivity contribution in [1.82, 2.24) is 5.32 Å². The number of amides is 1. The average Bonchev–Trinajstić information content (AvgIpc) is 2.45. The predicted octanol–water partition coefficient (Wildman–Crippen LogP) is 3.46. The first-order chi connectivity index (χ1) is 9.59. The van der Waals surface area contributed by atoms with E-state index in [9.17, 15) is 9.90 Å². The number of hydrogen-bond donors (Lipinski definition) is 2. The Morgan fingerprint density at radius 3 is 2.25 bits per heavy atom. The molecule has 1 atom stereocenters. The topological polar surface area (TPSA) is 49.3 Å². The molecule has 0 saturated heterocycles. The smallest absolute Gasteiger partial charge is 0.254 e. The molecule has 0 saturated carbocycles. The second kappa shape index (κ2) is 6.75. The first kappa shape index (κ1) is 14.9. The average molecular weight is 310 g/mol. The van der Waals surface area contributed by atoms with Gasteiger partial charge in [-0.3, -0.25) is 4.79 Å². The number of aliphatic hydroxyl groups excluding tert-OH is 1. The third-order valence-electron chi connectivity index (χ3n) is 2.83. The summed E-state index contributed by atoms with van der Waals surface area (Å²) in [6.45, 7) is 0.0877. The molecule has 5 heteroatoms. The van der Waals surface area contributed by atoms with Crippen LogP contribution >= 0.6 is 23.2 Å². The first-order valence-corrected chi connectivity index (χ1v) is 6.80. The van der Waals surface area contributed by atoms with Crippen LogP contribution in [0.2, 0.25) is 10.0 Å². The van der Waals surface area contributed by atoms with Crippen LogP contribution in [-0.4, -0.2) is 17.6 Å². The minimum absolute atomic E-state index is 0.0877. The third kappa shape index (κ3) is 3.51. The second-order valence-corrected chi connectivity index (χ2v) is 5.05. The zero-order valence-corrected chi connectivity index (χ0v) is 12.0. The highest BCUT2D eigenvalue weighted by Gasteiger charge is 2.15. The Kier molecular flexibility index (Phi) is 5.01. The Morgan fingerprint density at radius 2 is 1.65 bits per heavy atom. The van der Waals surface area contributed by atoms with Gasteiger partial charge in [-0.25, -0.2) is 0 Å². The van der Waals surface area contributed by atoms with Gasteiger partial charge in [-0.15, -0.1) is 0 Å². The van der Waals surface area contributed by atoms with Gasteiger partial charge in [0.2, 0.25) is 0 Å². The minimum atomic E-state index is -0.776. The van der Waals surface area contributed by atoms with Crippen molar-refractivity contribution >= 4 is 29.1 Å². The lowest BCUT2D eigenvalue weighted by Gasteiger charge is -2.13. The number of halogens is 2. The minimum Gasteiger partial charge on any atom is -0.387 e. The van der Waals surface area contributed by atoms with Crippen LogP contribution in [0.3, 0.4) is 0 Å². The maximum absolute atomic E-state index is 12.0. The molecule has 0 aliphatic carbocycles. The summed E-state index contributed by atoms with van der Waals surface area (Å²) >= 11 is 11.9. The molecule has 2 aromatic rings. The second-order valence-electron chi connectivity index (χ2n) is 4.23. The molecule has 0 aromatic heterocycles. The summed E-state index contributed by atoms with van der Waals surface area (Å²) in [6, 6.07) is 13.9. The van der Waals surface area contributed by atoms with E-state index in [1.807, 2.05) is 18.2 Å². The summed E-state index contributed by atoms with van der Waals surface area (Å²) in [5, 5.41) is 13.2. The van der Waals surface area contributed by atoms with Crippen LogP contribution in [0, 0.1) is 0 Å². The molecule has 0 heterocycles. The van der Waals surface area contributed by atoms with Gasteiger partial charge in [0.1, 0.15) is 0 Å². The Hall–Kier alpha value is -1.55. The molecule has 0 fully saturated rings. The highest BCUT2D eigenvalue weighted by Crippen LogP contribution is 2.24. The van der Waals surface area contributed by atoms with Gasteiger partial charge in [-0.1, -0.05) is 59.6 Å². The molecule has 0 aliphatic rings. The van der Waals surface area contributed by atoms with Gasteiger partial charge in [-0.2, -0.15) is 0 Å². The van der Waals surface area contributed by atoms with E-state index in [4.69, 9.17) is 23.2 Å². The summed E-state index contributed by atoms with van der Waals surface area (Å²) in [5.74, 6) is -0.407. The lowest BCUT2D eigenvalue weighted by atomic mass is 10.1. The number of aliphatic hydroxyl groups is 1. The monoisotopic (exact) mass is 309 g/mol. The van der Waals surface area contributed by atoms with Crippen LogP contribution in [0.5, 0.6) is 0 Å². The van der Waals surface area contributed by atoms with Crippen molar-refractivity contribution in [2.45, 2.75) is 6.10 Å². The van der Waals surface area contributed by atoms with E-state index < -0.39 is 12.0 Å². The fourth-order valence-corrected chi connectivity index (χ4v) is 2.35. The number of benzene rings is 2. The zero-order chi connectivity index (χ0) is 14.5. The summed E-state index contributed by atoms with van der Waals surface area (Å²) in [4.78, 5) is 12.0. The van der Waals surface area contributed by atoms with Crippen molar-refractivity contribution in [3.8, 4) is 0 Å². The lowest BCUT2D eigenvalue weighted by molar-refractivity contribution is 0.0916. The Balaban J connectivity index is 2.03. The van der Waals surface area contributed by atoms with E-state index in [1.54, 1.807) is 30.3 Å². The molecule has 1 amide bonds. The SMILES string of the molecule is O=C(NC[C@H](O)c1ccccc1)c1c(Cl)cccc1Cl. The number of hydrogen-bond acceptors (Lipinski definition) is 2. The molecular formula is C15H13Cl2NO2. The van der Waals surface area contributed by atoms with E-state index in [0.29, 0.717) is 0 Å². The van der Waals surface area contributed by atoms with Crippen molar-refractivity contribution in [2.75, 3.05) is 6.54 Å². The number of carbonyl (C=O) groups excluding carboxylic acids is 1. The van der Waals surface area contributed by atoms with Crippen molar-refractivity contribution in [1.29, 1.82) is 0 Å². The largest absolute Gasteiger partial charge is 0.387 e. The Labute approximate surface area is 127 Å². The molecule has 104 valence electrons. The molecule has 0 radical (unpaired) electrons. The maximum Gasteiger partial charge on any atom is 0.254 e. The molecule has 0 aliphatic heterocycles. The lowest BCUT2D eigenvalue weighted by Crippen LogP contribution is -2.28. The predicted molar refractivity (Wildman–Crippen MR) is 80.2 cm³/mol. The fourth-order valence-electron chi connectivity index (χ4n) is 1.79. The van der Waals surface area contributed by atoms with Gasteiger partial charge in [0.05, 0.1) is 21.7 Å². The standard InChI is InChI=1S/C15H13Cl2NO2/c16-11-7-4-8-12(17)14(11)15(20)18-9-13(19)10-5-2-1-3-6-10/h1-8,13,19H,9H2,(H,18,20)/t13-/m0/s1. The molecule has 2 rings (SSSR count). The highest BCUT2D eigenvalue weighted by molar-refractivity contribution is 6.39. The van der Waals surface area contributed by atoms with E-state index in [2.05, 4.69) is 5.32 Å². The van der Waals surface area contributed by atoms with Gasteiger partial charge in [-0.05, 0) is 17.7 Å². The summed E-state index contributed by atoms with van der Waals surface area (Å²) in [7, 11) is 0. The van der Waals surface area contributed by atoms with Crippen molar-refractivity contribution in [3.05, 3.63) is 69.7 Å². The van der Waals surface area contributed by atoms with Gasteiger partial charge < -0.3 is 10.4 Å². The van der Waals surface area contributed by atoms with Crippen LogP contribution in [0.25, 0.3) is 0 Å². The molecule has 0 bridgehead atoms. The molecule has 0 spiro atoms. The van der Waals surface area contributed by atoms with Gasteiger partial charge >= 0.3 is 0 Å². The zero-order valence-electron chi connectivity index (χ0n) is 10.5. The first-order valence-electron chi connectivity index (χ1n) is 6.05. The Morgan fingerprint density at radius 1 is 1.05 bits per heavy atom. The summed E-state index contributed by atoms with van der Waals surface area (Å²) < 4.78 is 0. The molecule has 20 heavy (non-hydrogen) atoms. The normalized spacial score (nSPS) is 11.9. The molecule has 2 N–H and O–H groups in total. The van der Waals surface area contributed by atoms with Crippen LogP contribution in [0.1, 0.15) is 22.0 Å². The van der Waals surface area contributed by atoms with E-state index in [-0.39, 0.29) is 22.2 Å². The van der Waals surface area contributed by atoms with E-state index in [1.165, 1.54) is 0 Å². The van der Waals surface area contributed by atoms with E-state index >= 15 is 0 Å². The number of carbonyl (C=O) groups is 1. The fraction of sp³-hybridized carbons (Fsp3) is 0.133. The van der Waals surface area contributed by atoms with Crippen LogP contribution in [0.4, 0.5) is 0 Å². The molecular weight excluding hydrogens is 297 g/mol. The van der Waals surface area contributed by atoms with Crippen LogP contribution < -0.4 is 5.32 Å². The number of rotatable bonds is 4. The molecule has 3 nitrogen and oxygen atoms in total. The number of nitrogens with one attached hydrogen (secondary N) is 1. The molecule has 2 aromatic carbocycles. The van der Waals surface area contributed by atoms with Crippen molar-refractivity contribution in [2.24, 2.45) is 0 Å². The van der Waals surface area contributed by atoms with Crippen molar-refractivity contribution in [3.63, 3.8) is 0 Å². The maximum atomic E-state index is 12.0. The summed E-state index contributed by atoms with van der Waals surface area (Å²) in [5.41, 5.74) is 0.953. The van der Waals surface area contributed by atoms with Gasteiger partial charge in [0.25, 0.3) is 5.91 Å². The highest BCUT2D eigenvalue weighted by atomic mass is 35.5. The Bertz CT molecular complexity index is 582. The third-order valence-corrected chi connectivity index (χ3v) is 3.46. The van der Waals surface area contributed by atoms with Crippen molar-refractivity contribution < 1.29 is 9.90 Å². The molecule has 0 unspecified atom stereocenters. The van der Waals surface area contributed by atoms with Gasteiger partial charge in [0.15, 0.2) is 0 Å². The van der Waals surface area contributed by atoms with E-state index in [0.717, 1.165) is 5.56 Å². The quantitative estimate of drug-likeness (QED) is 0.908. The van der Waals surface area contributed by atoms with Crippen LogP contribution in [0.15, 0.2) is 48.5 Å². The van der Waals surface area contributed by atoms with Crippen LogP contribution in [-0.2, 0) is 0 Å².